The van der Waals surface area contributed by atoms with Crippen molar-refractivity contribution >= 4 is 25.0 Å². The fraction of sp³-hybridized carbons (Fsp3) is 0.429. The van der Waals surface area contributed by atoms with Crippen LogP contribution in [-0.2, 0) is 4.79 Å². The van der Waals surface area contributed by atoms with Gasteiger partial charge in [-0.1, -0.05) is 29.7 Å². The van der Waals surface area contributed by atoms with Crippen molar-refractivity contribution in [3.8, 4) is 0 Å². The van der Waals surface area contributed by atoms with Crippen molar-refractivity contribution in [2.45, 2.75) is 19.8 Å². The Labute approximate surface area is 109 Å². The van der Waals surface area contributed by atoms with Gasteiger partial charge in [-0.25, -0.2) is 0 Å². The largest absolute Gasteiger partial charge is 0.343 e. The maximum atomic E-state index is 12.2. The molecular formula is C14H16BNO2. The Kier molecular flexibility index (Phi) is 3.85. The lowest BCUT2D eigenvalue weighted by Crippen LogP contribution is -2.39. The molecule has 0 N–H and O–H groups in total. The molecule has 1 fully saturated rings. The van der Waals surface area contributed by atoms with Crippen LogP contribution in [0, 0.1) is 5.92 Å². The summed E-state index contributed by atoms with van der Waals surface area (Å²) in [5, 5.41) is 0. The second kappa shape index (κ2) is 5.38. The minimum absolute atomic E-state index is 0.0317. The van der Waals surface area contributed by atoms with Crippen LogP contribution >= 0.6 is 0 Å². The molecule has 1 amide bonds. The lowest BCUT2D eigenvalue weighted by atomic mass is 9.87. The highest BCUT2D eigenvalue weighted by atomic mass is 16.2. The second-order valence-corrected chi connectivity index (χ2v) is 4.77. The van der Waals surface area contributed by atoms with E-state index in [2.05, 4.69) is 0 Å². The molecule has 0 unspecified atom stereocenters. The Morgan fingerprint density at radius 3 is 2.22 bits per heavy atom. The average Bonchev–Trinajstić information content (AvgIpc) is 2.39. The number of piperidine rings is 1. The van der Waals surface area contributed by atoms with Gasteiger partial charge in [0.2, 0.25) is 5.91 Å². The van der Waals surface area contributed by atoms with E-state index in [1.165, 1.54) is 0 Å². The van der Waals surface area contributed by atoms with E-state index in [-0.39, 0.29) is 17.6 Å². The number of benzene rings is 1. The Balaban J connectivity index is 1.99. The number of nitrogens with zero attached hydrogens (tertiary/aromatic N) is 1. The molecule has 0 aliphatic carbocycles. The van der Waals surface area contributed by atoms with Crippen molar-refractivity contribution in [3.05, 3.63) is 29.8 Å². The van der Waals surface area contributed by atoms with Crippen LogP contribution in [0.15, 0.2) is 24.3 Å². The summed E-state index contributed by atoms with van der Waals surface area (Å²) in [5.74, 6) is 0.288. The van der Waals surface area contributed by atoms with Crippen LogP contribution in [-0.4, -0.2) is 37.5 Å². The first-order valence-corrected chi connectivity index (χ1v) is 6.23. The van der Waals surface area contributed by atoms with Gasteiger partial charge in [0, 0.05) is 31.5 Å². The molecule has 3 nitrogen and oxygen atoms in total. The van der Waals surface area contributed by atoms with Crippen molar-refractivity contribution in [3.63, 3.8) is 0 Å². The van der Waals surface area contributed by atoms with E-state index in [0.717, 1.165) is 12.8 Å². The normalized spacial score (nSPS) is 16.6. The number of carbonyl (C=O) groups is 2. The molecule has 0 atom stereocenters. The highest BCUT2D eigenvalue weighted by Gasteiger charge is 2.26. The fourth-order valence-corrected chi connectivity index (χ4v) is 2.34. The third-order valence-corrected chi connectivity index (χ3v) is 3.51. The van der Waals surface area contributed by atoms with Crippen molar-refractivity contribution in [1.29, 1.82) is 0 Å². The number of Topliss-reactive ketones (excluding diaryl/α,β-unsaturated/α-hetero) is 1. The first-order valence-electron chi connectivity index (χ1n) is 6.23. The second-order valence-electron chi connectivity index (χ2n) is 4.77. The van der Waals surface area contributed by atoms with Gasteiger partial charge < -0.3 is 4.90 Å². The zero-order valence-electron chi connectivity index (χ0n) is 10.6. The predicted molar refractivity (Wildman–Crippen MR) is 71.1 cm³/mol. The third kappa shape index (κ3) is 2.81. The molecule has 18 heavy (non-hydrogen) atoms. The summed E-state index contributed by atoms with van der Waals surface area (Å²) < 4.78 is 0. The minimum Gasteiger partial charge on any atom is -0.343 e. The number of carbonyl (C=O) groups excluding carboxylic acids is 2. The first kappa shape index (κ1) is 12.9. The SMILES string of the molecule is [B]c1ccc(C(=O)C2CCN(C(C)=O)CC2)cc1. The van der Waals surface area contributed by atoms with E-state index in [4.69, 9.17) is 7.85 Å². The quantitative estimate of drug-likeness (QED) is 0.570. The van der Waals surface area contributed by atoms with Crippen LogP contribution in [0.3, 0.4) is 0 Å². The third-order valence-electron chi connectivity index (χ3n) is 3.51. The smallest absolute Gasteiger partial charge is 0.219 e. The van der Waals surface area contributed by atoms with E-state index in [1.54, 1.807) is 36.1 Å². The zero-order valence-corrected chi connectivity index (χ0v) is 10.6. The van der Waals surface area contributed by atoms with E-state index in [1.807, 2.05) is 0 Å². The van der Waals surface area contributed by atoms with Gasteiger partial charge in [-0.2, -0.15) is 0 Å². The lowest BCUT2D eigenvalue weighted by Gasteiger charge is -2.30. The predicted octanol–water partition coefficient (Wildman–Crippen LogP) is 0.922. The van der Waals surface area contributed by atoms with Crippen molar-refractivity contribution < 1.29 is 9.59 Å². The van der Waals surface area contributed by atoms with Gasteiger partial charge in [0.15, 0.2) is 5.78 Å². The van der Waals surface area contributed by atoms with E-state index in [0.29, 0.717) is 24.1 Å². The van der Waals surface area contributed by atoms with E-state index < -0.39 is 0 Å². The maximum absolute atomic E-state index is 12.2. The standard InChI is InChI=1S/C14H16BNO2/c1-10(17)16-8-6-12(7-9-16)14(18)11-2-4-13(15)5-3-11/h2-5,12H,6-9H2,1H3. The molecule has 1 saturated heterocycles. The van der Waals surface area contributed by atoms with Crippen molar-refractivity contribution in [1.82, 2.24) is 4.90 Å². The van der Waals surface area contributed by atoms with Crippen molar-refractivity contribution in [2.24, 2.45) is 5.92 Å². The lowest BCUT2D eigenvalue weighted by molar-refractivity contribution is -0.130. The first-order chi connectivity index (χ1) is 8.58. The highest BCUT2D eigenvalue weighted by Crippen LogP contribution is 2.21. The van der Waals surface area contributed by atoms with Gasteiger partial charge in [-0.3, -0.25) is 9.59 Å². The summed E-state index contributed by atoms with van der Waals surface area (Å²) in [6, 6.07) is 7.04. The van der Waals surface area contributed by atoms with Crippen LogP contribution in [0.2, 0.25) is 0 Å². The van der Waals surface area contributed by atoms with Crippen LogP contribution in [0.1, 0.15) is 30.1 Å². The van der Waals surface area contributed by atoms with Gasteiger partial charge >= 0.3 is 0 Å². The number of rotatable bonds is 2. The van der Waals surface area contributed by atoms with E-state index in [9.17, 15) is 9.59 Å². The number of hydrogen-bond acceptors (Lipinski definition) is 2. The van der Waals surface area contributed by atoms with Crippen molar-refractivity contribution in [2.75, 3.05) is 13.1 Å². The number of ketones is 1. The Hall–Kier alpha value is -1.58. The van der Waals surface area contributed by atoms with Gasteiger partial charge in [0.1, 0.15) is 7.85 Å². The molecule has 1 aliphatic rings. The summed E-state index contributed by atoms with van der Waals surface area (Å²) in [6.07, 6.45) is 1.51. The summed E-state index contributed by atoms with van der Waals surface area (Å²) in [4.78, 5) is 25.3. The molecule has 0 aromatic heterocycles. The van der Waals surface area contributed by atoms with Gasteiger partial charge in [0.25, 0.3) is 0 Å². The summed E-state index contributed by atoms with van der Waals surface area (Å²) in [5.41, 5.74) is 1.38. The zero-order chi connectivity index (χ0) is 13.1. The molecular weight excluding hydrogens is 225 g/mol. The molecule has 1 aromatic rings. The Morgan fingerprint density at radius 2 is 1.72 bits per heavy atom. The Bertz CT molecular complexity index is 447. The minimum atomic E-state index is 0.0317. The molecule has 1 heterocycles. The number of likely N-dealkylation sites (tertiary alicyclic amines) is 1. The maximum Gasteiger partial charge on any atom is 0.219 e. The molecule has 92 valence electrons. The number of amides is 1. The van der Waals surface area contributed by atoms with Gasteiger partial charge in [-0.15, -0.1) is 0 Å². The Morgan fingerprint density at radius 1 is 1.17 bits per heavy atom. The molecule has 1 aromatic carbocycles. The van der Waals surface area contributed by atoms with Crippen LogP contribution in [0.4, 0.5) is 0 Å². The highest BCUT2D eigenvalue weighted by molar-refractivity contribution is 6.32. The average molecular weight is 241 g/mol. The van der Waals surface area contributed by atoms with Gasteiger partial charge in [0.05, 0.1) is 0 Å². The van der Waals surface area contributed by atoms with Crippen LogP contribution in [0.5, 0.6) is 0 Å². The summed E-state index contributed by atoms with van der Waals surface area (Å²) in [7, 11) is 5.60. The topological polar surface area (TPSA) is 37.4 Å². The molecule has 1 aliphatic heterocycles. The van der Waals surface area contributed by atoms with Crippen LogP contribution < -0.4 is 5.46 Å². The van der Waals surface area contributed by atoms with E-state index >= 15 is 0 Å². The fourth-order valence-electron chi connectivity index (χ4n) is 2.34. The molecule has 2 rings (SSSR count). The summed E-state index contributed by atoms with van der Waals surface area (Å²) >= 11 is 0. The van der Waals surface area contributed by atoms with Gasteiger partial charge in [-0.05, 0) is 12.8 Å². The number of hydrogen-bond donors (Lipinski definition) is 0. The van der Waals surface area contributed by atoms with Crippen LogP contribution in [0.25, 0.3) is 0 Å². The molecule has 0 spiro atoms. The summed E-state index contributed by atoms with van der Waals surface area (Å²) in [6.45, 7) is 2.93. The molecule has 0 saturated carbocycles. The molecule has 2 radical (unpaired) electrons. The monoisotopic (exact) mass is 241 g/mol. The molecule has 0 bridgehead atoms. The molecule has 4 heteroatoms.